The Hall–Kier alpha value is -1.83. The number of amides is 1. The fourth-order valence-electron chi connectivity index (χ4n) is 2.04. The van der Waals surface area contributed by atoms with Gasteiger partial charge < -0.3 is 5.32 Å². The number of carbonyl (C=O) groups is 1. The van der Waals surface area contributed by atoms with Gasteiger partial charge in [-0.05, 0) is 68.6 Å². The minimum Gasteiger partial charge on any atom is -0.322 e. The molecule has 0 fully saturated rings. The van der Waals surface area contributed by atoms with Gasteiger partial charge in [0.2, 0.25) is 10.0 Å². The molecule has 0 aliphatic heterocycles. The normalized spacial score (nSPS) is 11.5. The number of anilines is 1. The summed E-state index contributed by atoms with van der Waals surface area (Å²) < 4.78 is 26.6. The van der Waals surface area contributed by atoms with Crippen LogP contribution in [0.5, 0.6) is 0 Å². The molecule has 2 rings (SSSR count). The molecule has 0 saturated heterocycles. The lowest BCUT2D eigenvalue weighted by Gasteiger charge is -2.10. The highest BCUT2D eigenvalue weighted by molar-refractivity contribution is 7.98. The summed E-state index contributed by atoms with van der Waals surface area (Å²) in [6, 6.07) is 13.2. The van der Waals surface area contributed by atoms with Crippen LogP contribution < -0.4 is 10.0 Å². The summed E-state index contributed by atoms with van der Waals surface area (Å²) in [5.41, 5.74) is 1.09. The first-order valence-corrected chi connectivity index (χ1v) is 10.1. The molecule has 0 aliphatic rings. The van der Waals surface area contributed by atoms with Crippen LogP contribution in [0.25, 0.3) is 0 Å². The smallest absolute Gasteiger partial charge is 0.255 e. The Bertz CT molecular complexity index is 799. The number of rotatable bonds is 6. The van der Waals surface area contributed by atoms with Gasteiger partial charge in [-0.15, -0.1) is 11.8 Å². The van der Waals surface area contributed by atoms with Crippen molar-refractivity contribution in [2.24, 2.45) is 0 Å². The first-order valence-electron chi connectivity index (χ1n) is 7.39. The van der Waals surface area contributed by atoms with Gasteiger partial charge in [-0.1, -0.05) is 0 Å². The third kappa shape index (κ3) is 4.83. The molecule has 0 heterocycles. The Morgan fingerprint density at radius 3 is 2.08 bits per heavy atom. The van der Waals surface area contributed by atoms with E-state index in [1.54, 1.807) is 25.6 Å². The van der Waals surface area contributed by atoms with E-state index in [0.717, 1.165) is 4.90 Å². The van der Waals surface area contributed by atoms with Crippen LogP contribution in [0.4, 0.5) is 5.69 Å². The Morgan fingerprint density at radius 2 is 1.58 bits per heavy atom. The number of benzene rings is 2. The maximum absolute atomic E-state index is 12.2. The van der Waals surface area contributed by atoms with Crippen LogP contribution in [0.3, 0.4) is 0 Å². The van der Waals surface area contributed by atoms with Crippen LogP contribution in [0.1, 0.15) is 24.2 Å². The SMILES string of the molecule is CSc1ccc(NC(=O)c2ccc(S(=O)(=O)NC(C)C)cc2)cc1. The van der Waals surface area contributed by atoms with Crippen molar-refractivity contribution in [1.29, 1.82) is 0 Å². The van der Waals surface area contributed by atoms with Crippen LogP contribution in [-0.4, -0.2) is 26.6 Å². The molecule has 7 heteroatoms. The third-order valence-electron chi connectivity index (χ3n) is 3.17. The van der Waals surface area contributed by atoms with Crippen LogP contribution in [0.15, 0.2) is 58.3 Å². The highest BCUT2D eigenvalue weighted by Gasteiger charge is 2.16. The lowest BCUT2D eigenvalue weighted by molar-refractivity contribution is 0.102. The van der Waals surface area contributed by atoms with E-state index >= 15 is 0 Å². The number of hydrogen-bond acceptors (Lipinski definition) is 4. The molecule has 5 nitrogen and oxygen atoms in total. The molecular weight excluding hydrogens is 344 g/mol. The molecule has 0 saturated carbocycles. The Labute approximate surface area is 146 Å². The van der Waals surface area contributed by atoms with Crippen molar-refractivity contribution in [2.75, 3.05) is 11.6 Å². The van der Waals surface area contributed by atoms with Gasteiger partial charge in [0.15, 0.2) is 0 Å². The van der Waals surface area contributed by atoms with Crippen molar-refractivity contribution in [3.8, 4) is 0 Å². The second-order valence-corrected chi connectivity index (χ2v) is 8.08. The molecule has 0 unspecified atom stereocenters. The monoisotopic (exact) mass is 364 g/mol. The number of carbonyl (C=O) groups excluding carboxylic acids is 1. The van der Waals surface area contributed by atoms with Crippen LogP contribution >= 0.6 is 11.8 Å². The van der Waals surface area contributed by atoms with Crippen molar-refractivity contribution < 1.29 is 13.2 Å². The number of sulfonamides is 1. The quantitative estimate of drug-likeness (QED) is 0.771. The van der Waals surface area contributed by atoms with Gasteiger partial charge in [0, 0.05) is 22.2 Å². The van der Waals surface area contributed by atoms with E-state index in [-0.39, 0.29) is 16.8 Å². The predicted octanol–water partition coefficient (Wildman–Crippen LogP) is 3.35. The zero-order valence-corrected chi connectivity index (χ0v) is 15.4. The molecule has 0 bridgehead atoms. The van der Waals surface area contributed by atoms with Gasteiger partial charge >= 0.3 is 0 Å². The summed E-state index contributed by atoms with van der Waals surface area (Å²) in [6.45, 7) is 3.50. The number of thioether (sulfide) groups is 1. The first kappa shape index (κ1) is 18.5. The van der Waals surface area contributed by atoms with Gasteiger partial charge in [0.1, 0.15) is 0 Å². The van der Waals surface area contributed by atoms with Gasteiger partial charge in [0.05, 0.1) is 4.90 Å². The maximum Gasteiger partial charge on any atom is 0.255 e. The minimum absolute atomic E-state index is 0.136. The van der Waals surface area contributed by atoms with E-state index in [2.05, 4.69) is 10.0 Å². The summed E-state index contributed by atoms with van der Waals surface area (Å²) in [5.74, 6) is -0.285. The van der Waals surface area contributed by atoms with E-state index < -0.39 is 10.0 Å². The first-order chi connectivity index (χ1) is 11.3. The largest absolute Gasteiger partial charge is 0.322 e. The highest BCUT2D eigenvalue weighted by atomic mass is 32.2. The van der Waals surface area contributed by atoms with Crippen molar-refractivity contribution in [2.45, 2.75) is 29.7 Å². The van der Waals surface area contributed by atoms with E-state index in [0.29, 0.717) is 11.3 Å². The van der Waals surface area contributed by atoms with Gasteiger partial charge in [-0.3, -0.25) is 4.79 Å². The van der Waals surface area contributed by atoms with Crippen molar-refractivity contribution in [3.05, 3.63) is 54.1 Å². The Balaban J connectivity index is 2.10. The summed E-state index contributed by atoms with van der Waals surface area (Å²) >= 11 is 1.63. The standard InChI is InChI=1S/C17H20N2O3S2/c1-12(2)19-24(21,22)16-10-4-13(5-11-16)17(20)18-14-6-8-15(23-3)9-7-14/h4-12,19H,1-3H3,(H,18,20). The third-order valence-corrected chi connectivity index (χ3v) is 5.58. The topological polar surface area (TPSA) is 75.3 Å². The van der Waals surface area contributed by atoms with Crippen LogP contribution in [0, 0.1) is 0 Å². The van der Waals surface area contributed by atoms with E-state index in [4.69, 9.17) is 0 Å². The average molecular weight is 364 g/mol. The summed E-state index contributed by atoms with van der Waals surface area (Å²) in [6.07, 6.45) is 1.98. The van der Waals surface area contributed by atoms with Crippen LogP contribution in [0.2, 0.25) is 0 Å². The lowest BCUT2D eigenvalue weighted by Crippen LogP contribution is -2.30. The Morgan fingerprint density at radius 1 is 1.00 bits per heavy atom. The van der Waals surface area contributed by atoms with E-state index in [9.17, 15) is 13.2 Å². The molecule has 0 radical (unpaired) electrons. The molecular formula is C17H20N2O3S2. The molecule has 0 spiro atoms. The molecule has 24 heavy (non-hydrogen) atoms. The molecule has 2 N–H and O–H groups in total. The molecule has 2 aromatic carbocycles. The average Bonchev–Trinajstić information content (AvgIpc) is 2.54. The maximum atomic E-state index is 12.2. The van der Waals surface area contributed by atoms with Gasteiger partial charge in [-0.25, -0.2) is 13.1 Å². The lowest BCUT2D eigenvalue weighted by atomic mass is 10.2. The summed E-state index contributed by atoms with van der Waals surface area (Å²) in [4.78, 5) is 13.5. The molecule has 1 amide bonds. The second-order valence-electron chi connectivity index (χ2n) is 5.48. The van der Waals surface area contributed by atoms with Crippen LogP contribution in [-0.2, 0) is 10.0 Å². The Kier molecular flexibility index (Phi) is 6.04. The molecule has 2 aromatic rings. The summed E-state index contributed by atoms with van der Waals surface area (Å²) in [7, 11) is -3.55. The molecule has 0 aromatic heterocycles. The fraction of sp³-hybridized carbons (Fsp3) is 0.235. The van der Waals surface area contributed by atoms with Gasteiger partial charge in [-0.2, -0.15) is 0 Å². The number of nitrogens with one attached hydrogen (secondary N) is 2. The zero-order chi connectivity index (χ0) is 17.7. The molecule has 0 aliphatic carbocycles. The van der Waals surface area contributed by atoms with Crippen molar-refractivity contribution in [3.63, 3.8) is 0 Å². The summed E-state index contributed by atoms with van der Waals surface area (Å²) in [5, 5.41) is 2.79. The molecule has 128 valence electrons. The number of hydrogen-bond donors (Lipinski definition) is 2. The zero-order valence-electron chi connectivity index (χ0n) is 13.7. The molecule has 0 atom stereocenters. The fourth-order valence-corrected chi connectivity index (χ4v) is 3.70. The van der Waals surface area contributed by atoms with Crippen molar-refractivity contribution >= 4 is 33.4 Å². The predicted molar refractivity (Wildman–Crippen MR) is 98.1 cm³/mol. The van der Waals surface area contributed by atoms with E-state index in [1.165, 1.54) is 24.3 Å². The van der Waals surface area contributed by atoms with E-state index in [1.807, 2.05) is 30.5 Å². The second kappa shape index (κ2) is 7.83. The van der Waals surface area contributed by atoms with Crippen molar-refractivity contribution in [1.82, 2.24) is 4.72 Å². The minimum atomic E-state index is -3.55. The highest BCUT2D eigenvalue weighted by Crippen LogP contribution is 2.18. The van der Waals surface area contributed by atoms with Gasteiger partial charge in [0.25, 0.3) is 5.91 Å².